The number of carboxylic acid groups (broad SMARTS) is 1. The Bertz CT molecular complexity index is 556. The normalized spacial score (nSPS) is 21.9. The fourth-order valence-corrected chi connectivity index (χ4v) is 2.33. The molecular weight excluding hydrogens is 256 g/mol. The average Bonchev–Trinajstić information content (AvgIpc) is 2.78. The summed E-state index contributed by atoms with van der Waals surface area (Å²) in [7, 11) is 0. The van der Waals surface area contributed by atoms with Crippen molar-refractivity contribution in [2.75, 3.05) is 18.4 Å². The minimum absolute atomic E-state index is 0.238. The van der Waals surface area contributed by atoms with Crippen LogP contribution in [0.5, 0.6) is 0 Å². The van der Waals surface area contributed by atoms with E-state index in [2.05, 4.69) is 5.32 Å². The Morgan fingerprint density at radius 3 is 2.55 bits per heavy atom. The van der Waals surface area contributed by atoms with E-state index < -0.39 is 11.4 Å². The van der Waals surface area contributed by atoms with Gasteiger partial charge in [0.2, 0.25) is 0 Å². The fraction of sp³-hybridized carbons (Fsp3) is 0.467. The zero-order valence-corrected chi connectivity index (χ0v) is 12.1. The number of amides is 2. The number of carbonyl (C=O) groups is 2. The van der Waals surface area contributed by atoms with Crippen LogP contribution in [0.3, 0.4) is 0 Å². The lowest BCUT2D eigenvalue weighted by Gasteiger charge is -2.20. The average molecular weight is 276 g/mol. The van der Waals surface area contributed by atoms with Gasteiger partial charge >= 0.3 is 12.0 Å². The number of rotatable bonds is 2. The van der Waals surface area contributed by atoms with E-state index in [1.165, 1.54) is 5.56 Å². The highest BCUT2D eigenvalue weighted by Gasteiger charge is 2.42. The first-order valence-corrected chi connectivity index (χ1v) is 6.68. The Kier molecular flexibility index (Phi) is 3.70. The van der Waals surface area contributed by atoms with Gasteiger partial charge in [0.25, 0.3) is 0 Å². The smallest absolute Gasteiger partial charge is 0.321 e. The Balaban J connectivity index is 2.03. The molecule has 1 fully saturated rings. The van der Waals surface area contributed by atoms with Crippen molar-refractivity contribution in [3.8, 4) is 0 Å². The summed E-state index contributed by atoms with van der Waals surface area (Å²) < 4.78 is 0. The van der Waals surface area contributed by atoms with E-state index in [0.717, 1.165) is 11.3 Å². The van der Waals surface area contributed by atoms with Gasteiger partial charge in [-0.2, -0.15) is 0 Å². The van der Waals surface area contributed by atoms with Crippen molar-refractivity contribution in [1.29, 1.82) is 0 Å². The number of aliphatic carboxylic acids is 1. The van der Waals surface area contributed by atoms with Crippen LogP contribution in [0.25, 0.3) is 0 Å². The topological polar surface area (TPSA) is 69.6 Å². The molecule has 2 rings (SSSR count). The van der Waals surface area contributed by atoms with Gasteiger partial charge in [0.05, 0.1) is 5.41 Å². The Morgan fingerprint density at radius 1 is 1.30 bits per heavy atom. The second-order valence-corrected chi connectivity index (χ2v) is 5.77. The Hall–Kier alpha value is -2.04. The molecule has 2 amide bonds. The van der Waals surface area contributed by atoms with Crippen molar-refractivity contribution < 1.29 is 14.7 Å². The number of nitrogens with one attached hydrogen (secondary N) is 1. The Labute approximate surface area is 118 Å². The Morgan fingerprint density at radius 2 is 2.00 bits per heavy atom. The van der Waals surface area contributed by atoms with E-state index in [1.807, 2.05) is 32.0 Å². The summed E-state index contributed by atoms with van der Waals surface area (Å²) in [6.45, 7) is 6.40. The van der Waals surface area contributed by atoms with Crippen molar-refractivity contribution in [3.63, 3.8) is 0 Å². The van der Waals surface area contributed by atoms with E-state index in [-0.39, 0.29) is 12.6 Å². The van der Waals surface area contributed by atoms with Crippen molar-refractivity contribution in [2.24, 2.45) is 5.41 Å². The van der Waals surface area contributed by atoms with Crippen LogP contribution < -0.4 is 5.32 Å². The van der Waals surface area contributed by atoms with Gasteiger partial charge in [-0.25, -0.2) is 4.79 Å². The summed E-state index contributed by atoms with van der Waals surface area (Å²) in [5, 5.41) is 12.0. The largest absolute Gasteiger partial charge is 0.481 e. The van der Waals surface area contributed by atoms with Crippen LogP contribution in [0, 0.1) is 19.3 Å². The highest BCUT2D eigenvalue weighted by Crippen LogP contribution is 2.30. The first-order chi connectivity index (χ1) is 9.32. The van der Waals surface area contributed by atoms with Gasteiger partial charge in [-0.3, -0.25) is 4.79 Å². The molecule has 0 bridgehead atoms. The standard InChI is InChI=1S/C15H20N2O3/c1-10-4-5-12(8-11(10)2)16-14(20)17-7-6-15(3,9-17)13(18)19/h4-5,8H,6-7,9H2,1-3H3,(H,16,20)(H,18,19). The molecule has 1 aromatic carbocycles. The molecule has 1 saturated heterocycles. The third-order valence-corrected chi connectivity index (χ3v) is 4.04. The van der Waals surface area contributed by atoms with Crippen LogP contribution in [-0.4, -0.2) is 35.1 Å². The number of benzene rings is 1. The molecule has 1 unspecified atom stereocenters. The van der Waals surface area contributed by atoms with Crippen LogP contribution >= 0.6 is 0 Å². The minimum Gasteiger partial charge on any atom is -0.481 e. The minimum atomic E-state index is -0.848. The molecule has 2 N–H and O–H groups in total. The molecule has 0 aliphatic carbocycles. The molecule has 1 atom stereocenters. The summed E-state index contributed by atoms with van der Waals surface area (Å²) in [6, 6.07) is 5.49. The van der Waals surface area contributed by atoms with Gasteiger partial charge in [0, 0.05) is 18.8 Å². The molecule has 1 aliphatic heterocycles. The molecule has 108 valence electrons. The van der Waals surface area contributed by atoms with Gasteiger partial charge in [-0.1, -0.05) is 6.07 Å². The molecule has 1 heterocycles. The number of hydrogen-bond donors (Lipinski definition) is 2. The predicted molar refractivity (Wildman–Crippen MR) is 76.9 cm³/mol. The predicted octanol–water partition coefficient (Wildman–Crippen LogP) is 2.63. The molecule has 0 aromatic heterocycles. The van der Waals surface area contributed by atoms with Gasteiger partial charge < -0.3 is 15.3 Å². The highest BCUT2D eigenvalue weighted by atomic mass is 16.4. The monoisotopic (exact) mass is 276 g/mol. The lowest BCUT2D eigenvalue weighted by Crippen LogP contribution is -2.37. The zero-order valence-electron chi connectivity index (χ0n) is 12.1. The first-order valence-electron chi connectivity index (χ1n) is 6.68. The number of nitrogens with zero attached hydrogens (tertiary/aromatic N) is 1. The molecule has 5 nitrogen and oxygen atoms in total. The summed E-state index contributed by atoms with van der Waals surface area (Å²) in [5.41, 5.74) is 2.19. The van der Waals surface area contributed by atoms with E-state index >= 15 is 0 Å². The summed E-state index contributed by atoms with van der Waals surface area (Å²) >= 11 is 0. The van der Waals surface area contributed by atoms with Crippen molar-refractivity contribution in [1.82, 2.24) is 4.90 Å². The summed E-state index contributed by atoms with van der Waals surface area (Å²) in [5.74, 6) is -0.848. The van der Waals surface area contributed by atoms with Crippen LogP contribution in [0.4, 0.5) is 10.5 Å². The molecule has 20 heavy (non-hydrogen) atoms. The SMILES string of the molecule is Cc1ccc(NC(=O)N2CCC(C)(C(=O)O)C2)cc1C. The maximum absolute atomic E-state index is 12.1. The first kappa shape index (κ1) is 14.4. The highest BCUT2D eigenvalue weighted by molar-refractivity contribution is 5.90. The lowest BCUT2D eigenvalue weighted by atomic mass is 9.90. The van der Waals surface area contributed by atoms with Crippen molar-refractivity contribution >= 4 is 17.7 Å². The maximum Gasteiger partial charge on any atom is 0.321 e. The van der Waals surface area contributed by atoms with E-state index in [4.69, 9.17) is 0 Å². The van der Waals surface area contributed by atoms with Crippen LogP contribution in [-0.2, 0) is 4.79 Å². The van der Waals surface area contributed by atoms with Crippen LogP contribution in [0.15, 0.2) is 18.2 Å². The van der Waals surface area contributed by atoms with Gasteiger partial charge in [-0.05, 0) is 50.5 Å². The molecule has 0 radical (unpaired) electrons. The second-order valence-electron chi connectivity index (χ2n) is 5.77. The quantitative estimate of drug-likeness (QED) is 0.872. The molecule has 5 heteroatoms. The van der Waals surface area contributed by atoms with Crippen LogP contribution in [0.1, 0.15) is 24.5 Å². The van der Waals surface area contributed by atoms with E-state index in [9.17, 15) is 14.7 Å². The van der Waals surface area contributed by atoms with E-state index in [1.54, 1.807) is 11.8 Å². The number of likely N-dealkylation sites (tertiary alicyclic amines) is 1. The molecule has 1 aromatic rings. The summed E-state index contributed by atoms with van der Waals surface area (Å²) in [6.07, 6.45) is 0.489. The zero-order chi connectivity index (χ0) is 14.9. The number of hydrogen-bond acceptors (Lipinski definition) is 2. The van der Waals surface area contributed by atoms with Gasteiger partial charge in [-0.15, -0.1) is 0 Å². The summed E-state index contributed by atoms with van der Waals surface area (Å²) in [4.78, 5) is 24.9. The number of urea groups is 1. The molecule has 0 spiro atoms. The number of aryl methyl sites for hydroxylation is 2. The molecular formula is C15H20N2O3. The number of carbonyl (C=O) groups excluding carboxylic acids is 1. The van der Waals surface area contributed by atoms with Crippen molar-refractivity contribution in [3.05, 3.63) is 29.3 Å². The van der Waals surface area contributed by atoms with Gasteiger partial charge in [0.15, 0.2) is 0 Å². The lowest BCUT2D eigenvalue weighted by molar-refractivity contribution is -0.146. The second kappa shape index (κ2) is 5.15. The maximum atomic E-state index is 12.1. The van der Waals surface area contributed by atoms with E-state index in [0.29, 0.717) is 13.0 Å². The molecule has 1 aliphatic rings. The number of carboxylic acids is 1. The van der Waals surface area contributed by atoms with Gasteiger partial charge in [0.1, 0.15) is 0 Å². The molecule has 0 saturated carbocycles. The number of anilines is 1. The fourth-order valence-electron chi connectivity index (χ4n) is 2.33. The third kappa shape index (κ3) is 2.76. The van der Waals surface area contributed by atoms with Crippen molar-refractivity contribution in [2.45, 2.75) is 27.2 Å². The third-order valence-electron chi connectivity index (χ3n) is 4.04. The van der Waals surface area contributed by atoms with Crippen LogP contribution in [0.2, 0.25) is 0 Å².